The molecule has 0 bridgehead atoms. The number of nitrogen functional groups attached to an aromatic ring is 1. The minimum Gasteiger partial charge on any atom is -0.469 e. The predicted molar refractivity (Wildman–Crippen MR) is 60.7 cm³/mol. The molecule has 0 radical (unpaired) electrons. The molecular weight excluding hydrogens is 206 g/mol. The second-order valence-electron chi connectivity index (χ2n) is 3.17. The molecule has 0 aliphatic heterocycles. The molecule has 0 spiro atoms. The van der Waals surface area contributed by atoms with Crippen molar-refractivity contribution in [3.8, 4) is 0 Å². The van der Waals surface area contributed by atoms with Crippen molar-refractivity contribution in [1.82, 2.24) is 9.97 Å². The van der Waals surface area contributed by atoms with Crippen LogP contribution in [0.15, 0.2) is 35.1 Å². The first-order valence-electron chi connectivity index (χ1n) is 4.94. The van der Waals surface area contributed by atoms with E-state index in [1.54, 1.807) is 18.5 Å². The second-order valence-corrected chi connectivity index (χ2v) is 3.17. The SMILES string of the molecule is NNc1nccc(NCCc2ccco2)n1. The third kappa shape index (κ3) is 2.71. The van der Waals surface area contributed by atoms with Gasteiger partial charge < -0.3 is 9.73 Å². The molecule has 0 unspecified atom stereocenters. The van der Waals surface area contributed by atoms with E-state index in [0.29, 0.717) is 5.95 Å². The molecule has 0 aromatic carbocycles. The maximum Gasteiger partial charge on any atom is 0.239 e. The van der Waals surface area contributed by atoms with Gasteiger partial charge in [-0.1, -0.05) is 0 Å². The Labute approximate surface area is 92.9 Å². The third-order valence-corrected chi connectivity index (χ3v) is 2.04. The van der Waals surface area contributed by atoms with E-state index in [0.717, 1.165) is 24.5 Å². The molecule has 0 saturated heterocycles. The number of hydrazine groups is 1. The molecule has 0 amide bonds. The van der Waals surface area contributed by atoms with Crippen molar-refractivity contribution >= 4 is 11.8 Å². The Morgan fingerprint density at radius 2 is 2.31 bits per heavy atom. The fourth-order valence-corrected chi connectivity index (χ4v) is 1.30. The van der Waals surface area contributed by atoms with E-state index in [9.17, 15) is 0 Å². The normalized spacial score (nSPS) is 10.1. The summed E-state index contributed by atoms with van der Waals surface area (Å²) in [4.78, 5) is 8.03. The highest BCUT2D eigenvalue weighted by molar-refractivity contribution is 5.38. The zero-order chi connectivity index (χ0) is 11.2. The minimum atomic E-state index is 0.392. The molecule has 0 atom stereocenters. The number of anilines is 2. The summed E-state index contributed by atoms with van der Waals surface area (Å²) in [6.45, 7) is 0.745. The maximum atomic E-state index is 5.21. The quantitative estimate of drug-likeness (QED) is 0.513. The third-order valence-electron chi connectivity index (χ3n) is 2.04. The van der Waals surface area contributed by atoms with Gasteiger partial charge in [0.15, 0.2) is 0 Å². The highest BCUT2D eigenvalue weighted by Crippen LogP contribution is 2.05. The van der Waals surface area contributed by atoms with E-state index in [4.69, 9.17) is 10.3 Å². The number of hydrogen-bond donors (Lipinski definition) is 3. The number of furan rings is 1. The van der Waals surface area contributed by atoms with Gasteiger partial charge in [0.05, 0.1) is 6.26 Å². The number of nitrogens with zero attached hydrogens (tertiary/aromatic N) is 2. The molecule has 6 nitrogen and oxygen atoms in total. The van der Waals surface area contributed by atoms with Crippen LogP contribution in [0.2, 0.25) is 0 Å². The lowest BCUT2D eigenvalue weighted by molar-refractivity contribution is 0.513. The topological polar surface area (TPSA) is 89.0 Å². The number of hydrogen-bond acceptors (Lipinski definition) is 6. The van der Waals surface area contributed by atoms with Crippen LogP contribution in [0.25, 0.3) is 0 Å². The first-order chi connectivity index (χ1) is 7.88. The van der Waals surface area contributed by atoms with E-state index in [1.165, 1.54) is 0 Å². The first-order valence-corrected chi connectivity index (χ1v) is 4.94. The molecule has 4 N–H and O–H groups in total. The zero-order valence-corrected chi connectivity index (χ0v) is 8.68. The van der Waals surface area contributed by atoms with Gasteiger partial charge in [0, 0.05) is 19.2 Å². The Morgan fingerprint density at radius 3 is 3.06 bits per heavy atom. The average Bonchev–Trinajstić information content (AvgIpc) is 2.82. The predicted octanol–water partition coefficient (Wildman–Crippen LogP) is 1.01. The van der Waals surface area contributed by atoms with E-state index >= 15 is 0 Å². The van der Waals surface area contributed by atoms with Crippen molar-refractivity contribution in [3.63, 3.8) is 0 Å². The molecule has 2 aromatic rings. The van der Waals surface area contributed by atoms with Crippen LogP contribution in [-0.4, -0.2) is 16.5 Å². The Hall–Kier alpha value is -2.08. The van der Waals surface area contributed by atoms with Gasteiger partial charge in [-0.15, -0.1) is 0 Å². The van der Waals surface area contributed by atoms with Crippen molar-refractivity contribution in [2.24, 2.45) is 5.84 Å². The molecule has 84 valence electrons. The Bertz CT molecular complexity index is 429. The van der Waals surface area contributed by atoms with Crippen LogP contribution in [0.1, 0.15) is 5.76 Å². The molecule has 2 rings (SSSR count). The molecule has 0 saturated carbocycles. The maximum absolute atomic E-state index is 5.21. The van der Waals surface area contributed by atoms with Gasteiger partial charge in [-0.3, -0.25) is 5.43 Å². The lowest BCUT2D eigenvalue weighted by Gasteiger charge is -2.05. The number of nitrogens with one attached hydrogen (secondary N) is 2. The summed E-state index contributed by atoms with van der Waals surface area (Å²) in [5.74, 6) is 7.27. The largest absolute Gasteiger partial charge is 0.469 e. The molecule has 0 aliphatic carbocycles. The van der Waals surface area contributed by atoms with Gasteiger partial charge in [-0.25, -0.2) is 10.8 Å². The number of nitrogens with two attached hydrogens (primary N) is 1. The van der Waals surface area contributed by atoms with E-state index in [-0.39, 0.29) is 0 Å². The van der Waals surface area contributed by atoms with E-state index in [2.05, 4.69) is 20.7 Å². The van der Waals surface area contributed by atoms with Gasteiger partial charge in [-0.2, -0.15) is 4.98 Å². The van der Waals surface area contributed by atoms with Crippen LogP contribution in [0, 0.1) is 0 Å². The Balaban J connectivity index is 1.85. The van der Waals surface area contributed by atoms with Crippen molar-refractivity contribution in [2.75, 3.05) is 17.3 Å². The Morgan fingerprint density at radius 1 is 1.38 bits per heavy atom. The van der Waals surface area contributed by atoms with Gasteiger partial charge in [-0.05, 0) is 18.2 Å². The highest BCUT2D eigenvalue weighted by atomic mass is 16.3. The molecule has 0 aliphatic rings. The zero-order valence-electron chi connectivity index (χ0n) is 8.68. The smallest absolute Gasteiger partial charge is 0.239 e. The van der Waals surface area contributed by atoms with Crippen molar-refractivity contribution in [2.45, 2.75) is 6.42 Å². The Kier molecular flexibility index (Phi) is 3.35. The summed E-state index contributed by atoms with van der Waals surface area (Å²) >= 11 is 0. The standard InChI is InChI=1S/C10H13N5O/c11-15-10-13-6-4-9(14-10)12-5-3-8-2-1-7-16-8/h1-2,4,6-7H,3,5,11H2,(H2,12,13,14,15). The molecule has 0 fully saturated rings. The van der Waals surface area contributed by atoms with Crippen LogP contribution in [0.5, 0.6) is 0 Å². The summed E-state index contributed by atoms with van der Waals surface area (Å²) in [6.07, 6.45) is 4.11. The lowest BCUT2D eigenvalue weighted by Crippen LogP contribution is -2.12. The molecular formula is C10H13N5O. The van der Waals surface area contributed by atoms with Gasteiger partial charge in [0.2, 0.25) is 5.95 Å². The summed E-state index contributed by atoms with van der Waals surface area (Å²) in [5, 5.41) is 3.15. The summed E-state index contributed by atoms with van der Waals surface area (Å²) in [7, 11) is 0. The van der Waals surface area contributed by atoms with E-state index in [1.807, 2.05) is 12.1 Å². The van der Waals surface area contributed by atoms with Crippen molar-refractivity contribution < 1.29 is 4.42 Å². The first kappa shape index (κ1) is 10.4. The average molecular weight is 219 g/mol. The van der Waals surface area contributed by atoms with E-state index < -0.39 is 0 Å². The highest BCUT2D eigenvalue weighted by Gasteiger charge is 1.98. The van der Waals surface area contributed by atoms with Gasteiger partial charge >= 0.3 is 0 Å². The fourth-order valence-electron chi connectivity index (χ4n) is 1.30. The molecule has 2 heterocycles. The van der Waals surface area contributed by atoms with Crippen molar-refractivity contribution in [1.29, 1.82) is 0 Å². The molecule has 2 aromatic heterocycles. The van der Waals surface area contributed by atoms with Crippen LogP contribution < -0.4 is 16.6 Å². The van der Waals surface area contributed by atoms with Gasteiger partial charge in [0.25, 0.3) is 0 Å². The van der Waals surface area contributed by atoms with Crippen molar-refractivity contribution in [3.05, 3.63) is 36.4 Å². The molecule has 6 heteroatoms. The van der Waals surface area contributed by atoms with Crippen LogP contribution in [0.4, 0.5) is 11.8 Å². The van der Waals surface area contributed by atoms with Crippen LogP contribution in [-0.2, 0) is 6.42 Å². The van der Waals surface area contributed by atoms with Crippen LogP contribution >= 0.6 is 0 Å². The fraction of sp³-hybridized carbons (Fsp3) is 0.200. The molecule has 16 heavy (non-hydrogen) atoms. The summed E-state index contributed by atoms with van der Waals surface area (Å²) in [5.41, 5.74) is 2.39. The number of aromatic nitrogens is 2. The minimum absolute atomic E-state index is 0.392. The van der Waals surface area contributed by atoms with Crippen LogP contribution in [0.3, 0.4) is 0 Å². The second kappa shape index (κ2) is 5.13. The summed E-state index contributed by atoms with van der Waals surface area (Å²) in [6, 6.07) is 5.59. The number of rotatable bonds is 5. The van der Waals surface area contributed by atoms with Gasteiger partial charge in [0.1, 0.15) is 11.6 Å². The summed E-state index contributed by atoms with van der Waals surface area (Å²) < 4.78 is 5.21. The monoisotopic (exact) mass is 219 g/mol. The lowest BCUT2D eigenvalue weighted by atomic mass is 10.3.